The van der Waals surface area contributed by atoms with Crippen molar-refractivity contribution in [1.82, 2.24) is 0 Å². The molecule has 1 aliphatic rings. The number of nitrogen functional groups attached to an aromatic ring is 1. The standard InChI is InChI=1S/C17H26N2OS/c1-3-12-8-5-6-9-13(12)20-14-10-7-11-15(21-4-2)16(14)17(18)19/h7,10-13H,3-6,8-9H2,1-2H3,(H3,18,19). The van der Waals surface area contributed by atoms with Gasteiger partial charge in [-0.15, -0.1) is 11.8 Å². The minimum atomic E-state index is 0.102. The largest absolute Gasteiger partial charge is 0.489 e. The second-order valence-electron chi connectivity index (χ2n) is 5.59. The quantitative estimate of drug-likeness (QED) is 0.464. The molecule has 3 N–H and O–H groups in total. The van der Waals surface area contributed by atoms with Gasteiger partial charge in [0.05, 0.1) is 5.56 Å². The van der Waals surface area contributed by atoms with Gasteiger partial charge in [0.1, 0.15) is 17.7 Å². The van der Waals surface area contributed by atoms with Crippen LogP contribution in [0.15, 0.2) is 23.1 Å². The smallest absolute Gasteiger partial charge is 0.131 e. The summed E-state index contributed by atoms with van der Waals surface area (Å²) >= 11 is 1.71. The Labute approximate surface area is 132 Å². The van der Waals surface area contributed by atoms with E-state index in [9.17, 15) is 0 Å². The number of nitrogens with one attached hydrogen (secondary N) is 1. The van der Waals surface area contributed by atoms with Crippen LogP contribution in [-0.2, 0) is 0 Å². The maximum atomic E-state index is 7.89. The lowest BCUT2D eigenvalue weighted by atomic mass is 9.84. The number of rotatable bonds is 6. The van der Waals surface area contributed by atoms with Crippen molar-refractivity contribution in [3.05, 3.63) is 23.8 Å². The summed E-state index contributed by atoms with van der Waals surface area (Å²) in [6.45, 7) is 4.35. The minimum Gasteiger partial charge on any atom is -0.489 e. The van der Waals surface area contributed by atoms with Crippen LogP contribution in [0.1, 0.15) is 51.5 Å². The van der Waals surface area contributed by atoms with Crippen LogP contribution in [0, 0.1) is 11.3 Å². The molecule has 0 aliphatic heterocycles. The summed E-state index contributed by atoms with van der Waals surface area (Å²) in [4.78, 5) is 1.05. The van der Waals surface area contributed by atoms with Crippen molar-refractivity contribution in [1.29, 1.82) is 5.41 Å². The first-order chi connectivity index (χ1) is 10.2. The molecule has 116 valence electrons. The predicted octanol–water partition coefficient (Wildman–Crippen LogP) is 4.43. The Hall–Kier alpha value is -1.16. The first-order valence-corrected chi connectivity index (χ1v) is 8.92. The lowest BCUT2D eigenvalue weighted by molar-refractivity contribution is 0.0899. The van der Waals surface area contributed by atoms with Crippen LogP contribution in [0.4, 0.5) is 0 Å². The van der Waals surface area contributed by atoms with Gasteiger partial charge in [0, 0.05) is 4.90 Å². The molecule has 2 rings (SSSR count). The Kier molecular flexibility index (Phi) is 5.97. The molecule has 0 saturated heterocycles. The molecule has 21 heavy (non-hydrogen) atoms. The Morgan fingerprint density at radius 2 is 2.10 bits per heavy atom. The van der Waals surface area contributed by atoms with Gasteiger partial charge in [0.2, 0.25) is 0 Å². The third-order valence-corrected chi connectivity index (χ3v) is 5.14. The topological polar surface area (TPSA) is 59.1 Å². The Morgan fingerprint density at radius 1 is 1.33 bits per heavy atom. The number of hydrogen-bond donors (Lipinski definition) is 2. The van der Waals surface area contributed by atoms with E-state index in [0.29, 0.717) is 5.92 Å². The number of nitrogens with two attached hydrogens (primary N) is 1. The first-order valence-electron chi connectivity index (χ1n) is 7.94. The summed E-state index contributed by atoms with van der Waals surface area (Å²) in [6, 6.07) is 5.98. The van der Waals surface area contributed by atoms with Crippen LogP contribution in [0.5, 0.6) is 5.75 Å². The van der Waals surface area contributed by atoms with E-state index in [1.807, 2.05) is 18.2 Å². The minimum absolute atomic E-state index is 0.102. The molecule has 1 fully saturated rings. The van der Waals surface area contributed by atoms with E-state index in [1.165, 1.54) is 19.3 Å². The molecule has 0 radical (unpaired) electrons. The van der Waals surface area contributed by atoms with Crippen LogP contribution >= 0.6 is 11.8 Å². The maximum absolute atomic E-state index is 7.89. The van der Waals surface area contributed by atoms with E-state index in [4.69, 9.17) is 15.9 Å². The van der Waals surface area contributed by atoms with Gasteiger partial charge in [-0.1, -0.05) is 26.3 Å². The van der Waals surface area contributed by atoms with Gasteiger partial charge in [-0.05, 0) is 49.5 Å². The maximum Gasteiger partial charge on any atom is 0.131 e. The van der Waals surface area contributed by atoms with Crippen molar-refractivity contribution in [3.63, 3.8) is 0 Å². The number of thioether (sulfide) groups is 1. The van der Waals surface area contributed by atoms with Crippen molar-refractivity contribution >= 4 is 17.6 Å². The molecule has 0 heterocycles. The van der Waals surface area contributed by atoms with E-state index >= 15 is 0 Å². The van der Waals surface area contributed by atoms with Crippen LogP contribution in [0.25, 0.3) is 0 Å². The Morgan fingerprint density at radius 3 is 2.76 bits per heavy atom. The van der Waals surface area contributed by atoms with Gasteiger partial charge in [0.25, 0.3) is 0 Å². The molecule has 1 saturated carbocycles. The second-order valence-corrected chi connectivity index (χ2v) is 6.89. The van der Waals surface area contributed by atoms with Gasteiger partial charge in [-0.2, -0.15) is 0 Å². The van der Waals surface area contributed by atoms with Crippen LogP contribution < -0.4 is 10.5 Å². The summed E-state index contributed by atoms with van der Waals surface area (Å²) in [6.07, 6.45) is 6.33. The summed E-state index contributed by atoms with van der Waals surface area (Å²) in [7, 11) is 0. The molecule has 0 amide bonds. The molecule has 1 aromatic carbocycles. The third kappa shape index (κ3) is 3.94. The SMILES string of the molecule is CCSc1cccc(OC2CCCCC2CC)c1C(=N)N. The summed E-state index contributed by atoms with van der Waals surface area (Å²) in [5, 5.41) is 7.89. The zero-order chi connectivity index (χ0) is 15.2. The highest BCUT2D eigenvalue weighted by Gasteiger charge is 2.26. The Balaban J connectivity index is 2.26. The second kappa shape index (κ2) is 7.74. The van der Waals surface area contributed by atoms with Crippen molar-refractivity contribution in [2.75, 3.05) is 5.75 Å². The van der Waals surface area contributed by atoms with Gasteiger partial charge in [-0.3, -0.25) is 5.41 Å². The average Bonchev–Trinajstić information content (AvgIpc) is 2.48. The molecule has 0 spiro atoms. The lowest BCUT2D eigenvalue weighted by Gasteiger charge is -2.32. The molecule has 4 heteroatoms. The summed E-state index contributed by atoms with van der Waals surface area (Å²) in [5.41, 5.74) is 6.58. The highest BCUT2D eigenvalue weighted by atomic mass is 32.2. The van der Waals surface area contributed by atoms with E-state index in [0.717, 1.165) is 34.8 Å². The highest BCUT2D eigenvalue weighted by Crippen LogP contribution is 2.34. The molecule has 2 unspecified atom stereocenters. The first kappa shape index (κ1) is 16.2. The van der Waals surface area contributed by atoms with Gasteiger partial charge in [-0.25, -0.2) is 0 Å². The number of ether oxygens (including phenoxy) is 1. The molecule has 0 aromatic heterocycles. The Bertz CT molecular complexity index is 490. The molecule has 2 atom stereocenters. The van der Waals surface area contributed by atoms with E-state index in [1.54, 1.807) is 11.8 Å². The predicted molar refractivity (Wildman–Crippen MR) is 90.5 cm³/mol. The molecule has 3 nitrogen and oxygen atoms in total. The van der Waals surface area contributed by atoms with Crippen molar-refractivity contribution in [3.8, 4) is 5.75 Å². The fraction of sp³-hybridized carbons (Fsp3) is 0.588. The zero-order valence-electron chi connectivity index (χ0n) is 13.0. The number of amidine groups is 1. The van der Waals surface area contributed by atoms with Gasteiger partial charge < -0.3 is 10.5 Å². The molecule has 1 aromatic rings. The van der Waals surface area contributed by atoms with E-state index in [2.05, 4.69) is 13.8 Å². The molecule has 0 bridgehead atoms. The van der Waals surface area contributed by atoms with Crippen LogP contribution in [-0.4, -0.2) is 17.7 Å². The fourth-order valence-corrected chi connectivity index (χ4v) is 3.95. The number of hydrogen-bond acceptors (Lipinski definition) is 3. The average molecular weight is 306 g/mol. The van der Waals surface area contributed by atoms with Crippen molar-refractivity contribution in [2.45, 2.75) is 57.0 Å². The zero-order valence-corrected chi connectivity index (χ0v) is 13.8. The van der Waals surface area contributed by atoms with Gasteiger partial charge in [0.15, 0.2) is 0 Å². The van der Waals surface area contributed by atoms with Crippen LogP contribution in [0.3, 0.4) is 0 Å². The molecular weight excluding hydrogens is 280 g/mol. The van der Waals surface area contributed by atoms with Crippen LogP contribution in [0.2, 0.25) is 0 Å². The monoisotopic (exact) mass is 306 g/mol. The van der Waals surface area contributed by atoms with Gasteiger partial charge >= 0.3 is 0 Å². The van der Waals surface area contributed by atoms with Crippen molar-refractivity contribution < 1.29 is 4.74 Å². The third-order valence-electron chi connectivity index (χ3n) is 4.20. The van der Waals surface area contributed by atoms with E-state index < -0.39 is 0 Å². The van der Waals surface area contributed by atoms with Crippen molar-refractivity contribution in [2.24, 2.45) is 11.7 Å². The summed E-state index contributed by atoms with van der Waals surface area (Å²) in [5.74, 6) is 2.47. The number of benzene rings is 1. The van der Waals surface area contributed by atoms with E-state index in [-0.39, 0.29) is 11.9 Å². The highest BCUT2D eigenvalue weighted by molar-refractivity contribution is 7.99. The molecule has 1 aliphatic carbocycles. The fourth-order valence-electron chi connectivity index (χ4n) is 3.11. The summed E-state index contributed by atoms with van der Waals surface area (Å²) < 4.78 is 6.30. The molecular formula is C17H26N2OS. The lowest BCUT2D eigenvalue weighted by Crippen LogP contribution is -2.30. The normalized spacial score (nSPS) is 22.0.